The Labute approximate surface area is 134 Å². The molecule has 0 heterocycles. The van der Waals surface area contributed by atoms with Crippen molar-refractivity contribution in [3.05, 3.63) is 52.0 Å². The van der Waals surface area contributed by atoms with Gasteiger partial charge >= 0.3 is 0 Å². The van der Waals surface area contributed by atoms with Gasteiger partial charge in [-0.15, -0.1) is 0 Å². The molecule has 0 atom stereocenters. The molecule has 0 radical (unpaired) electrons. The van der Waals surface area contributed by atoms with Crippen LogP contribution in [0.5, 0.6) is 17.2 Å². The lowest BCUT2D eigenvalue weighted by atomic mass is 10.1. The predicted molar refractivity (Wildman–Crippen MR) is 85.5 cm³/mol. The lowest BCUT2D eigenvalue weighted by molar-refractivity contribution is 0.111. The van der Waals surface area contributed by atoms with Gasteiger partial charge in [-0.05, 0) is 36.2 Å². The molecule has 2 aromatic rings. The van der Waals surface area contributed by atoms with E-state index in [-0.39, 0.29) is 0 Å². The SMILES string of the molecule is COc1cc(C)c(C=O)c(OCc2ccc(Cl)cc2)c1OC. The first-order chi connectivity index (χ1) is 10.6. The molecule has 0 bridgehead atoms. The highest BCUT2D eigenvalue weighted by Gasteiger charge is 2.19. The Morgan fingerprint density at radius 3 is 2.32 bits per heavy atom. The topological polar surface area (TPSA) is 44.8 Å². The highest BCUT2D eigenvalue weighted by atomic mass is 35.5. The second-order valence-corrected chi connectivity index (χ2v) is 5.14. The first kappa shape index (κ1) is 16.2. The fourth-order valence-corrected chi connectivity index (χ4v) is 2.25. The fraction of sp³-hybridized carbons (Fsp3) is 0.235. The van der Waals surface area contributed by atoms with Crippen LogP contribution in [0.25, 0.3) is 0 Å². The van der Waals surface area contributed by atoms with Crippen molar-refractivity contribution in [2.75, 3.05) is 14.2 Å². The van der Waals surface area contributed by atoms with Gasteiger partial charge in [-0.25, -0.2) is 0 Å². The van der Waals surface area contributed by atoms with Crippen LogP contribution in [0, 0.1) is 6.92 Å². The van der Waals surface area contributed by atoms with Gasteiger partial charge in [0.2, 0.25) is 5.75 Å². The van der Waals surface area contributed by atoms with E-state index < -0.39 is 0 Å². The summed E-state index contributed by atoms with van der Waals surface area (Å²) in [6, 6.07) is 9.05. The summed E-state index contributed by atoms with van der Waals surface area (Å²) >= 11 is 5.86. The van der Waals surface area contributed by atoms with Gasteiger partial charge in [0, 0.05) is 5.02 Å². The van der Waals surface area contributed by atoms with Crippen molar-refractivity contribution in [2.24, 2.45) is 0 Å². The maximum absolute atomic E-state index is 11.4. The number of carbonyl (C=O) groups excluding carboxylic acids is 1. The molecule has 0 spiro atoms. The second-order valence-electron chi connectivity index (χ2n) is 4.70. The molecule has 2 aromatic carbocycles. The minimum absolute atomic E-state index is 0.293. The Balaban J connectivity index is 2.37. The van der Waals surface area contributed by atoms with Gasteiger partial charge in [0.05, 0.1) is 19.8 Å². The second kappa shape index (κ2) is 7.18. The van der Waals surface area contributed by atoms with Crippen molar-refractivity contribution in [1.29, 1.82) is 0 Å². The molecule has 5 heteroatoms. The van der Waals surface area contributed by atoms with E-state index in [9.17, 15) is 4.79 Å². The Morgan fingerprint density at radius 2 is 1.77 bits per heavy atom. The summed E-state index contributed by atoms with van der Waals surface area (Å²) in [6.07, 6.45) is 0.758. The average molecular weight is 321 g/mol. The highest BCUT2D eigenvalue weighted by Crippen LogP contribution is 2.41. The molecule has 0 saturated carbocycles. The minimum Gasteiger partial charge on any atom is -0.493 e. The van der Waals surface area contributed by atoms with E-state index in [1.807, 2.05) is 19.1 Å². The Kier molecular flexibility index (Phi) is 5.28. The third kappa shape index (κ3) is 3.34. The number of ether oxygens (including phenoxy) is 3. The van der Waals surface area contributed by atoms with E-state index in [1.165, 1.54) is 7.11 Å². The number of aldehydes is 1. The molecular formula is C17H17ClO4. The standard InChI is InChI=1S/C17H17ClO4/c1-11-8-15(20-2)17(21-3)16(14(11)9-19)22-10-12-4-6-13(18)7-5-12/h4-9H,10H2,1-3H3. The van der Waals surface area contributed by atoms with Crippen LogP contribution in [0.15, 0.2) is 30.3 Å². The summed E-state index contributed by atoms with van der Waals surface area (Å²) in [6.45, 7) is 2.11. The number of benzene rings is 2. The lowest BCUT2D eigenvalue weighted by Gasteiger charge is -2.17. The monoisotopic (exact) mass is 320 g/mol. The van der Waals surface area contributed by atoms with Crippen LogP contribution >= 0.6 is 11.6 Å². The van der Waals surface area contributed by atoms with E-state index >= 15 is 0 Å². The zero-order valence-corrected chi connectivity index (χ0v) is 13.4. The van der Waals surface area contributed by atoms with Gasteiger partial charge in [-0.2, -0.15) is 0 Å². The number of carbonyl (C=O) groups is 1. The van der Waals surface area contributed by atoms with E-state index in [2.05, 4.69) is 0 Å². The van der Waals surface area contributed by atoms with Gasteiger partial charge in [0.15, 0.2) is 17.8 Å². The lowest BCUT2D eigenvalue weighted by Crippen LogP contribution is -2.04. The van der Waals surface area contributed by atoms with Gasteiger partial charge in [0.25, 0.3) is 0 Å². The molecule has 0 aromatic heterocycles. The van der Waals surface area contributed by atoms with Crippen LogP contribution < -0.4 is 14.2 Å². The zero-order valence-electron chi connectivity index (χ0n) is 12.7. The quantitative estimate of drug-likeness (QED) is 0.753. The van der Waals surface area contributed by atoms with Crippen LogP contribution in [0.1, 0.15) is 21.5 Å². The van der Waals surface area contributed by atoms with E-state index in [4.69, 9.17) is 25.8 Å². The predicted octanol–water partition coefficient (Wildman–Crippen LogP) is 4.06. The number of methoxy groups -OCH3 is 2. The van der Waals surface area contributed by atoms with Crippen molar-refractivity contribution in [3.63, 3.8) is 0 Å². The Bertz CT molecular complexity index is 665. The summed E-state index contributed by atoms with van der Waals surface area (Å²) in [5.41, 5.74) is 2.15. The average Bonchev–Trinajstić information content (AvgIpc) is 2.53. The summed E-state index contributed by atoms with van der Waals surface area (Å²) in [5, 5.41) is 0.659. The van der Waals surface area contributed by atoms with Crippen LogP contribution in [0.4, 0.5) is 0 Å². The number of hydrogen-bond acceptors (Lipinski definition) is 4. The molecule has 2 rings (SSSR count). The van der Waals surface area contributed by atoms with Gasteiger partial charge < -0.3 is 14.2 Å². The van der Waals surface area contributed by atoms with Crippen LogP contribution in [0.3, 0.4) is 0 Å². The highest BCUT2D eigenvalue weighted by molar-refractivity contribution is 6.30. The molecule has 116 valence electrons. The minimum atomic E-state index is 0.293. The Morgan fingerprint density at radius 1 is 1.09 bits per heavy atom. The molecule has 0 amide bonds. The largest absolute Gasteiger partial charge is 0.493 e. The first-order valence-electron chi connectivity index (χ1n) is 6.68. The van der Waals surface area contributed by atoms with Crippen LogP contribution in [-0.2, 0) is 6.61 Å². The van der Waals surface area contributed by atoms with Gasteiger partial charge in [0.1, 0.15) is 6.61 Å². The van der Waals surface area contributed by atoms with Crippen molar-refractivity contribution in [3.8, 4) is 17.2 Å². The molecule has 0 unspecified atom stereocenters. The summed E-state index contributed by atoms with van der Waals surface area (Å²) in [7, 11) is 3.05. The van der Waals surface area contributed by atoms with Gasteiger partial charge in [-0.3, -0.25) is 4.79 Å². The number of hydrogen-bond donors (Lipinski definition) is 0. The molecule has 0 aliphatic heterocycles. The van der Waals surface area contributed by atoms with Crippen molar-refractivity contribution >= 4 is 17.9 Å². The van der Waals surface area contributed by atoms with Crippen molar-refractivity contribution < 1.29 is 19.0 Å². The van der Waals surface area contributed by atoms with Crippen LogP contribution in [-0.4, -0.2) is 20.5 Å². The number of aryl methyl sites for hydroxylation is 1. The third-order valence-corrected chi connectivity index (χ3v) is 3.54. The van der Waals surface area contributed by atoms with Gasteiger partial charge in [-0.1, -0.05) is 23.7 Å². The Hall–Kier alpha value is -2.20. The molecular weight excluding hydrogens is 304 g/mol. The maximum Gasteiger partial charge on any atom is 0.204 e. The van der Waals surface area contributed by atoms with E-state index in [0.717, 1.165) is 17.4 Å². The summed E-state index contributed by atoms with van der Waals surface area (Å²) in [5.74, 6) is 1.31. The smallest absolute Gasteiger partial charge is 0.204 e. The molecule has 0 saturated heterocycles. The molecule has 0 aliphatic carbocycles. The first-order valence-corrected chi connectivity index (χ1v) is 7.06. The van der Waals surface area contributed by atoms with Crippen molar-refractivity contribution in [1.82, 2.24) is 0 Å². The molecule has 0 aliphatic rings. The molecule has 4 nitrogen and oxygen atoms in total. The number of halogens is 1. The summed E-state index contributed by atoms with van der Waals surface area (Å²) in [4.78, 5) is 11.4. The molecule has 0 N–H and O–H groups in total. The third-order valence-electron chi connectivity index (χ3n) is 3.29. The summed E-state index contributed by atoms with van der Waals surface area (Å²) < 4.78 is 16.4. The molecule has 0 fully saturated rings. The normalized spacial score (nSPS) is 10.2. The zero-order chi connectivity index (χ0) is 16.1. The maximum atomic E-state index is 11.4. The molecule has 22 heavy (non-hydrogen) atoms. The van der Waals surface area contributed by atoms with Crippen LogP contribution in [0.2, 0.25) is 5.02 Å². The van der Waals surface area contributed by atoms with E-state index in [0.29, 0.717) is 34.4 Å². The number of rotatable bonds is 6. The fourth-order valence-electron chi connectivity index (χ4n) is 2.12. The van der Waals surface area contributed by atoms with Crippen molar-refractivity contribution in [2.45, 2.75) is 13.5 Å². The van der Waals surface area contributed by atoms with E-state index in [1.54, 1.807) is 25.3 Å².